The van der Waals surface area contributed by atoms with Gasteiger partial charge in [0.25, 0.3) is 0 Å². The monoisotopic (exact) mass is 311 g/mol. The Bertz CT molecular complexity index is 508. The predicted molar refractivity (Wildman–Crippen MR) is 84.2 cm³/mol. The molecule has 2 nitrogen and oxygen atoms in total. The molecule has 116 valence electrons. The van der Waals surface area contributed by atoms with Crippen molar-refractivity contribution in [2.24, 2.45) is 0 Å². The van der Waals surface area contributed by atoms with E-state index < -0.39 is 5.54 Å². The van der Waals surface area contributed by atoms with Crippen molar-refractivity contribution in [3.8, 4) is 0 Å². The van der Waals surface area contributed by atoms with E-state index in [0.717, 1.165) is 25.7 Å². The number of halogens is 2. The van der Waals surface area contributed by atoms with Gasteiger partial charge in [-0.2, -0.15) is 0 Å². The highest BCUT2D eigenvalue weighted by molar-refractivity contribution is 6.30. The van der Waals surface area contributed by atoms with Gasteiger partial charge >= 0.3 is 0 Å². The Morgan fingerprint density at radius 2 is 1.86 bits per heavy atom. The molecule has 0 spiro atoms. The van der Waals surface area contributed by atoms with Gasteiger partial charge in [0.2, 0.25) is 0 Å². The Labute approximate surface area is 131 Å². The van der Waals surface area contributed by atoms with E-state index in [1.54, 1.807) is 6.07 Å². The molecule has 21 heavy (non-hydrogen) atoms. The van der Waals surface area contributed by atoms with Gasteiger partial charge in [0.05, 0.1) is 5.54 Å². The van der Waals surface area contributed by atoms with Crippen molar-refractivity contribution in [3.63, 3.8) is 0 Å². The number of carbonyl (C=O) groups is 1. The molecular formula is C17H23ClFNO. The van der Waals surface area contributed by atoms with E-state index in [9.17, 15) is 9.18 Å². The maximum Gasteiger partial charge on any atom is 0.157 e. The number of hydrogen-bond acceptors (Lipinski definition) is 2. The van der Waals surface area contributed by atoms with Crippen molar-refractivity contribution < 1.29 is 9.18 Å². The molecule has 4 heteroatoms. The van der Waals surface area contributed by atoms with Gasteiger partial charge in [0.1, 0.15) is 5.82 Å². The number of rotatable bonds is 4. The molecule has 1 aliphatic carbocycles. The van der Waals surface area contributed by atoms with E-state index in [4.69, 9.17) is 11.6 Å². The van der Waals surface area contributed by atoms with Gasteiger partial charge in [-0.15, -0.1) is 0 Å². The Hall–Kier alpha value is -0.930. The molecule has 1 aliphatic rings. The molecule has 0 N–H and O–H groups in total. The first-order chi connectivity index (χ1) is 9.95. The lowest BCUT2D eigenvalue weighted by atomic mass is 9.82. The van der Waals surface area contributed by atoms with Gasteiger partial charge in [0.15, 0.2) is 5.78 Å². The second kappa shape index (κ2) is 6.89. The van der Waals surface area contributed by atoms with Crippen LogP contribution in [0.15, 0.2) is 18.2 Å². The van der Waals surface area contributed by atoms with Gasteiger partial charge < -0.3 is 0 Å². The fourth-order valence-electron chi connectivity index (χ4n) is 3.31. The van der Waals surface area contributed by atoms with Gasteiger partial charge in [-0.05, 0) is 50.7 Å². The van der Waals surface area contributed by atoms with Gasteiger partial charge in [0, 0.05) is 11.4 Å². The average molecular weight is 312 g/mol. The van der Waals surface area contributed by atoms with Crippen LogP contribution in [0.2, 0.25) is 5.02 Å². The van der Waals surface area contributed by atoms with Crippen LogP contribution >= 0.6 is 11.6 Å². The summed E-state index contributed by atoms with van der Waals surface area (Å²) in [6, 6.07) is 4.41. The molecule has 1 aromatic rings. The van der Waals surface area contributed by atoms with E-state index in [-0.39, 0.29) is 18.0 Å². The highest BCUT2D eigenvalue weighted by Gasteiger charge is 2.40. The first kappa shape index (κ1) is 16.4. The summed E-state index contributed by atoms with van der Waals surface area (Å²) in [4.78, 5) is 14.9. The minimum Gasteiger partial charge on any atom is -0.297 e. The normalized spacial score (nSPS) is 18.5. The summed E-state index contributed by atoms with van der Waals surface area (Å²) in [7, 11) is 3.91. The Kier molecular flexibility index (Phi) is 5.39. The molecule has 0 amide bonds. The molecule has 0 radical (unpaired) electrons. The summed E-state index contributed by atoms with van der Waals surface area (Å²) in [5.74, 6) is -0.245. The standard InChI is InChI=1S/C17H23ClFNO/c1-20(2)17(9-5-3-4-6-10-17)16(21)12-13-11-14(18)7-8-15(13)19/h7-8,11H,3-6,9-10,12H2,1-2H3. The maximum atomic E-state index is 13.9. The van der Waals surface area contributed by atoms with Crippen LogP contribution in [0.5, 0.6) is 0 Å². The summed E-state index contributed by atoms with van der Waals surface area (Å²) in [5.41, 5.74) is -0.0522. The number of hydrogen-bond donors (Lipinski definition) is 0. The summed E-state index contributed by atoms with van der Waals surface area (Å²) < 4.78 is 13.9. The molecule has 1 aromatic carbocycles. The summed E-state index contributed by atoms with van der Waals surface area (Å²) in [6.07, 6.45) is 6.30. The molecule has 0 aromatic heterocycles. The number of likely N-dealkylation sites (N-methyl/N-ethyl adjacent to an activating group) is 1. The fourth-order valence-corrected chi connectivity index (χ4v) is 3.50. The van der Waals surface area contributed by atoms with Crippen molar-refractivity contribution >= 4 is 17.4 Å². The van der Waals surface area contributed by atoms with Gasteiger partial charge in [-0.1, -0.05) is 37.3 Å². The van der Waals surface area contributed by atoms with E-state index in [1.807, 2.05) is 19.0 Å². The van der Waals surface area contributed by atoms with Crippen molar-refractivity contribution in [1.82, 2.24) is 4.90 Å². The van der Waals surface area contributed by atoms with Gasteiger partial charge in [-0.3, -0.25) is 9.69 Å². The highest BCUT2D eigenvalue weighted by atomic mass is 35.5. The molecular weight excluding hydrogens is 289 g/mol. The minimum absolute atomic E-state index is 0.107. The third-order valence-corrected chi connectivity index (χ3v) is 4.90. The van der Waals surface area contributed by atoms with Crippen LogP contribution in [0.25, 0.3) is 0 Å². The van der Waals surface area contributed by atoms with E-state index >= 15 is 0 Å². The molecule has 1 saturated carbocycles. The minimum atomic E-state index is -0.453. The maximum absolute atomic E-state index is 13.9. The van der Waals surface area contributed by atoms with E-state index in [1.165, 1.54) is 25.0 Å². The highest BCUT2D eigenvalue weighted by Crippen LogP contribution is 2.33. The van der Waals surface area contributed by atoms with E-state index in [2.05, 4.69) is 0 Å². The zero-order valence-electron chi connectivity index (χ0n) is 12.8. The first-order valence-corrected chi connectivity index (χ1v) is 7.98. The van der Waals surface area contributed by atoms with Crippen molar-refractivity contribution in [3.05, 3.63) is 34.6 Å². The second-order valence-electron chi connectivity index (χ2n) is 6.18. The van der Waals surface area contributed by atoms with Crippen LogP contribution < -0.4 is 0 Å². The zero-order chi connectivity index (χ0) is 15.5. The van der Waals surface area contributed by atoms with Crippen molar-refractivity contribution in [2.45, 2.75) is 50.5 Å². The molecule has 0 atom stereocenters. The van der Waals surface area contributed by atoms with E-state index in [0.29, 0.717) is 10.6 Å². The number of Topliss-reactive ketones (excluding diaryl/α,β-unsaturated/α-hetero) is 1. The molecule has 1 fully saturated rings. The summed E-state index contributed by atoms with van der Waals surface area (Å²) >= 11 is 5.92. The zero-order valence-corrected chi connectivity index (χ0v) is 13.5. The smallest absolute Gasteiger partial charge is 0.157 e. The fraction of sp³-hybridized carbons (Fsp3) is 0.588. The molecule has 0 bridgehead atoms. The number of benzene rings is 1. The largest absolute Gasteiger partial charge is 0.297 e. The SMILES string of the molecule is CN(C)C1(C(=O)Cc2cc(Cl)ccc2F)CCCCCC1. The third kappa shape index (κ3) is 3.64. The lowest BCUT2D eigenvalue weighted by Crippen LogP contribution is -2.51. The predicted octanol–water partition coefficient (Wildman–Crippen LogP) is 4.25. The second-order valence-corrected chi connectivity index (χ2v) is 6.61. The molecule has 0 unspecified atom stereocenters. The summed E-state index contributed by atoms with van der Waals surface area (Å²) in [6.45, 7) is 0. The quantitative estimate of drug-likeness (QED) is 0.775. The average Bonchev–Trinajstić information content (AvgIpc) is 2.69. The lowest BCUT2D eigenvalue weighted by molar-refractivity contribution is -0.130. The third-order valence-electron chi connectivity index (χ3n) is 4.66. The topological polar surface area (TPSA) is 20.3 Å². The van der Waals surface area contributed by atoms with Crippen LogP contribution in [0.3, 0.4) is 0 Å². The van der Waals surface area contributed by atoms with Crippen LogP contribution in [0.4, 0.5) is 4.39 Å². The Balaban J connectivity index is 2.24. The van der Waals surface area contributed by atoms with Crippen LogP contribution in [-0.4, -0.2) is 30.3 Å². The molecule has 0 saturated heterocycles. The Morgan fingerprint density at radius 3 is 2.43 bits per heavy atom. The van der Waals surface area contributed by atoms with Crippen LogP contribution in [-0.2, 0) is 11.2 Å². The van der Waals surface area contributed by atoms with Crippen LogP contribution in [0, 0.1) is 5.82 Å². The number of ketones is 1. The Morgan fingerprint density at radius 1 is 1.24 bits per heavy atom. The first-order valence-electron chi connectivity index (χ1n) is 7.60. The van der Waals surface area contributed by atoms with Crippen molar-refractivity contribution in [1.29, 1.82) is 0 Å². The number of carbonyl (C=O) groups excluding carboxylic acids is 1. The van der Waals surface area contributed by atoms with Crippen molar-refractivity contribution in [2.75, 3.05) is 14.1 Å². The summed E-state index contributed by atoms with van der Waals surface area (Å²) in [5, 5.41) is 0.471. The van der Waals surface area contributed by atoms with Gasteiger partial charge in [-0.25, -0.2) is 4.39 Å². The van der Waals surface area contributed by atoms with Crippen LogP contribution in [0.1, 0.15) is 44.1 Å². The lowest BCUT2D eigenvalue weighted by Gasteiger charge is -2.38. The molecule has 0 aliphatic heterocycles. The number of nitrogens with zero attached hydrogens (tertiary/aromatic N) is 1. The molecule has 0 heterocycles. The molecule has 2 rings (SSSR count).